The molecule has 1 amide bonds. The van der Waals surface area contributed by atoms with Crippen molar-refractivity contribution < 1.29 is 19.4 Å². The molecular formula is C14H24N2O4. The van der Waals surface area contributed by atoms with Crippen molar-refractivity contribution in [2.24, 2.45) is 10.8 Å². The summed E-state index contributed by atoms with van der Waals surface area (Å²) < 4.78 is 5.31. The number of amides is 1. The van der Waals surface area contributed by atoms with Crippen LogP contribution >= 0.6 is 0 Å². The van der Waals surface area contributed by atoms with E-state index in [-0.39, 0.29) is 22.8 Å². The van der Waals surface area contributed by atoms with Crippen molar-refractivity contribution in [1.82, 2.24) is 10.2 Å². The highest BCUT2D eigenvalue weighted by Gasteiger charge is 2.51. The van der Waals surface area contributed by atoms with Gasteiger partial charge in [-0.2, -0.15) is 0 Å². The van der Waals surface area contributed by atoms with E-state index >= 15 is 0 Å². The third-order valence-corrected chi connectivity index (χ3v) is 4.06. The second-order valence-electron chi connectivity index (χ2n) is 7.25. The summed E-state index contributed by atoms with van der Waals surface area (Å²) in [5.74, 6) is -0.208. The van der Waals surface area contributed by atoms with E-state index in [0.717, 1.165) is 6.42 Å². The quantitative estimate of drug-likeness (QED) is 0.764. The maximum absolute atomic E-state index is 12.0. The molecule has 0 aromatic rings. The zero-order chi connectivity index (χ0) is 15.0. The molecule has 20 heavy (non-hydrogen) atoms. The van der Waals surface area contributed by atoms with Crippen molar-refractivity contribution in [3.05, 3.63) is 0 Å². The van der Waals surface area contributed by atoms with Gasteiger partial charge in [-0.15, -0.1) is 0 Å². The Labute approximate surface area is 119 Å². The third-order valence-electron chi connectivity index (χ3n) is 4.06. The Morgan fingerprint density at radius 3 is 2.60 bits per heavy atom. The molecule has 6 heteroatoms. The number of hydrogen-bond acceptors (Lipinski definition) is 4. The van der Waals surface area contributed by atoms with Crippen LogP contribution in [0.1, 0.15) is 33.6 Å². The number of rotatable bonds is 3. The molecule has 0 aromatic carbocycles. The summed E-state index contributed by atoms with van der Waals surface area (Å²) in [7, 11) is 0. The Kier molecular flexibility index (Phi) is 3.95. The molecule has 0 aliphatic carbocycles. The average Bonchev–Trinajstić information content (AvgIpc) is 2.69. The first-order valence-corrected chi connectivity index (χ1v) is 7.09. The van der Waals surface area contributed by atoms with Gasteiger partial charge in [0.2, 0.25) is 0 Å². The maximum atomic E-state index is 12.0. The molecule has 2 N–H and O–H groups in total. The van der Waals surface area contributed by atoms with E-state index in [1.165, 1.54) is 4.90 Å². The van der Waals surface area contributed by atoms with Crippen molar-refractivity contribution in [2.45, 2.75) is 39.7 Å². The SMILES string of the molecule is CC(C)(C)CCOC(=O)C1CC2(CN1)CN(C(=O)O)C2. The average molecular weight is 284 g/mol. The number of esters is 1. The largest absolute Gasteiger partial charge is 0.465 e. The lowest BCUT2D eigenvalue weighted by Gasteiger charge is -2.46. The Morgan fingerprint density at radius 2 is 2.05 bits per heavy atom. The Bertz CT molecular complexity index is 396. The van der Waals surface area contributed by atoms with Crippen LogP contribution in [0.2, 0.25) is 0 Å². The molecule has 0 radical (unpaired) electrons. The number of hydrogen-bond donors (Lipinski definition) is 2. The summed E-state index contributed by atoms with van der Waals surface area (Å²) in [6.07, 6.45) is 0.626. The van der Waals surface area contributed by atoms with Crippen molar-refractivity contribution in [3.8, 4) is 0 Å². The molecule has 2 saturated heterocycles. The minimum absolute atomic E-state index is 0.0634. The van der Waals surface area contributed by atoms with Gasteiger partial charge in [0.25, 0.3) is 0 Å². The number of likely N-dealkylation sites (tertiary alicyclic amines) is 1. The summed E-state index contributed by atoms with van der Waals surface area (Å²) in [6, 6.07) is -0.286. The van der Waals surface area contributed by atoms with Gasteiger partial charge in [-0.1, -0.05) is 20.8 Å². The molecule has 2 aliphatic heterocycles. The second-order valence-corrected chi connectivity index (χ2v) is 7.25. The maximum Gasteiger partial charge on any atom is 0.407 e. The van der Waals surface area contributed by atoms with Gasteiger partial charge in [0, 0.05) is 25.0 Å². The zero-order valence-corrected chi connectivity index (χ0v) is 12.4. The normalized spacial score (nSPS) is 24.6. The van der Waals surface area contributed by atoms with E-state index in [9.17, 15) is 9.59 Å². The predicted molar refractivity (Wildman–Crippen MR) is 73.5 cm³/mol. The van der Waals surface area contributed by atoms with E-state index in [0.29, 0.717) is 32.7 Å². The van der Waals surface area contributed by atoms with Crippen molar-refractivity contribution in [3.63, 3.8) is 0 Å². The number of carboxylic acid groups (broad SMARTS) is 1. The Morgan fingerprint density at radius 1 is 1.40 bits per heavy atom. The van der Waals surface area contributed by atoms with E-state index in [1.807, 2.05) is 0 Å². The fourth-order valence-electron chi connectivity index (χ4n) is 2.78. The lowest BCUT2D eigenvalue weighted by Crippen LogP contribution is -2.59. The van der Waals surface area contributed by atoms with E-state index < -0.39 is 6.09 Å². The molecule has 6 nitrogen and oxygen atoms in total. The summed E-state index contributed by atoms with van der Waals surface area (Å²) in [6.45, 7) is 8.49. The van der Waals surface area contributed by atoms with Crippen LogP contribution in [0.5, 0.6) is 0 Å². The highest BCUT2D eigenvalue weighted by atomic mass is 16.5. The van der Waals surface area contributed by atoms with Crippen LogP contribution in [0.25, 0.3) is 0 Å². The van der Waals surface area contributed by atoms with Crippen LogP contribution in [-0.2, 0) is 9.53 Å². The molecule has 2 rings (SSSR count). The summed E-state index contributed by atoms with van der Waals surface area (Å²) in [5.41, 5.74) is 0.0900. The van der Waals surface area contributed by atoms with Crippen molar-refractivity contribution in [2.75, 3.05) is 26.2 Å². The van der Waals surface area contributed by atoms with Gasteiger partial charge in [-0.25, -0.2) is 4.79 Å². The molecule has 0 saturated carbocycles. The minimum atomic E-state index is -0.883. The van der Waals surface area contributed by atoms with Gasteiger partial charge in [-0.3, -0.25) is 4.79 Å². The van der Waals surface area contributed by atoms with Gasteiger partial charge < -0.3 is 20.1 Å². The number of nitrogens with zero attached hydrogens (tertiary/aromatic N) is 1. The molecule has 1 atom stereocenters. The standard InChI is InChI=1S/C14H24N2O4/c1-13(2,3)4-5-20-11(17)10-6-14(7-15-10)8-16(9-14)12(18)19/h10,15H,4-9H2,1-3H3,(H,18,19). The topological polar surface area (TPSA) is 78.9 Å². The molecular weight excluding hydrogens is 260 g/mol. The van der Waals surface area contributed by atoms with Crippen LogP contribution in [0.15, 0.2) is 0 Å². The molecule has 0 bridgehead atoms. The van der Waals surface area contributed by atoms with Crippen molar-refractivity contribution in [1.29, 1.82) is 0 Å². The summed E-state index contributed by atoms with van der Waals surface area (Å²) in [5, 5.41) is 12.0. The summed E-state index contributed by atoms with van der Waals surface area (Å²) >= 11 is 0. The lowest BCUT2D eigenvalue weighted by molar-refractivity contribution is -0.146. The fraction of sp³-hybridized carbons (Fsp3) is 0.857. The van der Waals surface area contributed by atoms with Crippen LogP contribution in [0, 0.1) is 10.8 Å². The van der Waals surface area contributed by atoms with Crippen molar-refractivity contribution >= 4 is 12.1 Å². The van der Waals surface area contributed by atoms with Crippen LogP contribution in [0.4, 0.5) is 4.79 Å². The molecule has 2 heterocycles. The van der Waals surface area contributed by atoms with E-state index in [1.54, 1.807) is 0 Å². The first kappa shape index (κ1) is 15.1. The molecule has 114 valence electrons. The highest BCUT2D eigenvalue weighted by molar-refractivity contribution is 5.76. The first-order valence-electron chi connectivity index (χ1n) is 7.09. The molecule has 2 aliphatic rings. The van der Waals surface area contributed by atoms with E-state index in [2.05, 4.69) is 26.1 Å². The second kappa shape index (κ2) is 5.24. The first-order chi connectivity index (χ1) is 9.21. The van der Waals surface area contributed by atoms with Gasteiger partial charge >= 0.3 is 12.1 Å². The van der Waals surface area contributed by atoms with Crippen LogP contribution in [0.3, 0.4) is 0 Å². The summed E-state index contributed by atoms with van der Waals surface area (Å²) in [4.78, 5) is 24.1. The lowest BCUT2D eigenvalue weighted by atomic mass is 9.78. The van der Waals surface area contributed by atoms with Gasteiger partial charge in [0.15, 0.2) is 0 Å². The Hall–Kier alpha value is -1.30. The van der Waals surface area contributed by atoms with Gasteiger partial charge in [0.1, 0.15) is 6.04 Å². The van der Waals surface area contributed by atoms with Crippen LogP contribution in [-0.4, -0.2) is 54.4 Å². The number of carbonyl (C=O) groups is 2. The molecule has 0 aromatic heterocycles. The number of carbonyl (C=O) groups excluding carboxylic acids is 1. The van der Waals surface area contributed by atoms with Gasteiger partial charge in [0.05, 0.1) is 6.61 Å². The molecule has 1 spiro atoms. The van der Waals surface area contributed by atoms with E-state index in [4.69, 9.17) is 9.84 Å². The monoisotopic (exact) mass is 284 g/mol. The number of nitrogens with one attached hydrogen (secondary N) is 1. The fourth-order valence-corrected chi connectivity index (χ4v) is 2.78. The number of ether oxygens (including phenoxy) is 1. The van der Waals surface area contributed by atoms with Crippen LogP contribution < -0.4 is 5.32 Å². The third kappa shape index (κ3) is 3.42. The molecule has 1 unspecified atom stereocenters. The highest BCUT2D eigenvalue weighted by Crippen LogP contribution is 2.38. The van der Waals surface area contributed by atoms with Gasteiger partial charge in [-0.05, 0) is 18.3 Å². The Balaban J connectivity index is 1.73. The predicted octanol–water partition coefficient (Wildman–Crippen LogP) is 1.31. The zero-order valence-electron chi connectivity index (χ0n) is 12.4. The minimum Gasteiger partial charge on any atom is -0.465 e. The molecule has 2 fully saturated rings. The smallest absolute Gasteiger partial charge is 0.407 e.